The zero-order valence-electron chi connectivity index (χ0n) is 13.1. The second-order valence-corrected chi connectivity index (χ2v) is 12.1. The number of hydrogen-bond donors (Lipinski definition) is 0. The van der Waals surface area contributed by atoms with Gasteiger partial charge in [0.25, 0.3) is 0 Å². The molecular formula is C21H12I2S2. The molecule has 1 aliphatic carbocycles. The fourth-order valence-electron chi connectivity index (χ4n) is 3.46. The van der Waals surface area contributed by atoms with E-state index in [4.69, 9.17) is 0 Å². The first-order valence-electron chi connectivity index (χ1n) is 7.95. The summed E-state index contributed by atoms with van der Waals surface area (Å²) >= 11 is 8.51. The van der Waals surface area contributed by atoms with Crippen molar-refractivity contribution in [2.45, 2.75) is 6.42 Å². The predicted octanol–water partition coefficient (Wildman–Crippen LogP) is 7.92. The normalized spacial score (nSPS) is 12.2. The molecule has 2 aromatic heterocycles. The van der Waals surface area contributed by atoms with Crippen LogP contribution in [0.1, 0.15) is 11.1 Å². The van der Waals surface area contributed by atoms with Gasteiger partial charge in [-0.3, -0.25) is 0 Å². The minimum atomic E-state index is 1.04. The van der Waals surface area contributed by atoms with E-state index >= 15 is 0 Å². The van der Waals surface area contributed by atoms with E-state index in [0.717, 1.165) is 6.42 Å². The van der Waals surface area contributed by atoms with Crippen molar-refractivity contribution in [1.29, 1.82) is 0 Å². The van der Waals surface area contributed by atoms with Gasteiger partial charge in [0.1, 0.15) is 0 Å². The summed E-state index contributed by atoms with van der Waals surface area (Å²) in [6.45, 7) is 0. The number of hydrogen-bond acceptors (Lipinski definition) is 2. The van der Waals surface area contributed by atoms with E-state index in [2.05, 4.69) is 106 Å². The Bertz CT molecular complexity index is 1020. The molecule has 0 fully saturated rings. The van der Waals surface area contributed by atoms with Crippen LogP contribution in [0.25, 0.3) is 32.0 Å². The number of benzene rings is 2. The van der Waals surface area contributed by atoms with Crippen molar-refractivity contribution in [3.63, 3.8) is 0 Å². The highest BCUT2D eigenvalue weighted by atomic mass is 127. The van der Waals surface area contributed by atoms with Crippen LogP contribution < -0.4 is 0 Å². The molecule has 5 rings (SSSR count). The molecule has 2 heterocycles. The minimum absolute atomic E-state index is 1.04. The van der Waals surface area contributed by atoms with Crippen LogP contribution in [0.2, 0.25) is 0 Å². The van der Waals surface area contributed by atoms with Crippen LogP contribution >= 0.6 is 67.9 Å². The average Bonchev–Trinajstić information content (AvgIpc) is 3.31. The summed E-state index contributed by atoms with van der Waals surface area (Å²) < 4.78 is 2.68. The summed E-state index contributed by atoms with van der Waals surface area (Å²) in [5.74, 6) is 0. The Labute approximate surface area is 182 Å². The average molecular weight is 582 g/mol. The molecule has 0 spiro atoms. The molecular weight excluding hydrogens is 570 g/mol. The van der Waals surface area contributed by atoms with Gasteiger partial charge in [0.05, 0.1) is 5.77 Å². The zero-order valence-corrected chi connectivity index (χ0v) is 19.0. The Kier molecular flexibility index (Phi) is 4.27. The molecule has 1 aliphatic rings. The van der Waals surface area contributed by atoms with Crippen LogP contribution in [-0.4, -0.2) is 0 Å². The summed E-state index contributed by atoms with van der Waals surface area (Å²) in [5.41, 5.74) is 8.39. The third-order valence-electron chi connectivity index (χ3n) is 4.60. The molecule has 0 aliphatic heterocycles. The van der Waals surface area contributed by atoms with Gasteiger partial charge < -0.3 is 0 Å². The van der Waals surface area contributed by atoms with E-state index in [0.29, 0.717) is 0 Å². The van der Waals surface area contributed by atoms with Crippen LogP contribution in [0.5, 0.6) is 0 Å². The summed E-state index contributed by atoms with van der Waals surface area (Å²) in [7, 11) is 0. The maximum absolute atomic E-state index is 2.39. The van der Waals surface area contributed by atoms with Gasteiger partial charge in [0.2, 0.25) is 0 Å². The van der Waals surface area contributed by atoms with Gasteiger partial charge in [-0.05, 0) is 121 Å². The molecule has 0 atom stereocenters. The summed E-state index contributed by atoms with van der Waals surface area (Å²) in [4.78, 5) is 2.72. The first kappa shape index (κ1) is 16.5. The Morgan fingerprint density at radius 2 is 1.08 bits per heavy atom. The third-order valence-corrected chi connectivity index (χ3v) is 8.48. The van der Waals surface area contributed by atoms with Crippen molar-refractivity contribution in [3.8, 4) is 32.0 Å². The SMILES string of the molecule is Ic1ccc(-c2ccc3c(c2)Cc2cc(-c4ccc(I)s4)ccc2-3)s1. The van der Waals surface area contributed by atoms with Crippen LogP contribution in [0.4, 0.5) is 0 Å². The van der Waals surface area contributed by atoms with Crippen molar-refractivity contribution in [2.75, 3.05) is 0 Å². The fourth-order valence-corrected chi connectivity index (χ4v) is 6.69. The highest BCUT2D eigenvalue weighted by Gasteiger charge is 2.20. The van der Waals surface area contributed by atoms with Crippen molar-refractivity contribution in [2.24, 2.45) is 0 Å². The van der Waals surface area contributed by atoms with Gasteiger partial charge in [-0.2, -0.15) is 0 Å². The Morgan fingerprint density at radius 3 is 1.48 bits per heavy atom. The highest BCUT2D eigenvalue weighted by Crippen LogP contribution is 2.42. The van der Waals surface area contributed by atoms with Crippen LogP contribution in [0.15, 0.2) is 60.7 Å². The van der Waals surface area contributed by atoms with Crippen molar-refractivity contribution in [3.05, 3.63) is 77.6 Å². The topological polar surface area (TPSA) is 0 Å². The Balaban J connectivity index is 1.54. The van der Waals surface area contributed by atoms with E-state index in [-0.39, 0.29) is 0 Å². The lowest BCUT2D eigenvalue weighted by Crippen LogP contribution is -1.82. The Hall–Kier alpha value is -0.700. The molecule has 25 heavy (non-hydrogen) atoms. The van der Waals surface area contributed by atoms with Gasteiger partial charge in [-0.15, -0.1) is 22.7 Å². The molecule has 0 radical (unpaired) electrons. The third kappa shape index (κ3) is 3.01. The predicted molar refractivity (Wildman–Crippen MR) is 127 cm³/mol. The fraction of sp³-hybridized carbons (Fsp3) is 0.0476. The first-order valence-corrected chi connectivity index (χ1v) is 11.7. The number of rotatable bonds is 2. The van der Waals surface area contributed by atoms with E-state index in [1.807, 2.05) is 22.7 Å². The summed E-state index contributed by atoms with van der Waals surface area (Å²) in [6.07, 6.45) is 1.04. The second kappa shape index (κ2) is 6.48. The molecule has 0 nitrogen and oxygen atoms in total. The summed E-state index contributed by atoms with van der Waals surface area (Å²) in [6, 6.07) is 22.7. The van der Waals surface area contributed by atoms with Gasteiger partial charge >= 0.3 is 0 Å². The standard InChI is InChI=1S/C21H12I2S2/c22-20-7-5-18(24-20)12-1-3-16-14(9-12)11-15-10-13(2-4-17(15)16)19-6-8-21(23)25-19/h1-10H,11H2. The molecule has 4 aromatic rings. The van der Waals surface area contributed by atoms with Gasteiger partial charge in [-0.1, -0.05) is 24.3 Å². The molecule has 2 aromatic carbocycles. The van der Waals surface area contributed by atoms with Gasteiger partial charge in [0.15, 0.2) is 0 Å². The van der Waals surface area contributed by atoms with Gasteiger partial charge in [0, 0.05) is 9.75 Å². The maximum atomic E-state index is 2.39. The lowest BCUT2D eigenvalue weighted by Gasteiger charge is -2.04. The van der Waals surface area contributed by atoms with Crippen molar-refractivity contribution >= 4 is 67.9 Å². The molecule has 0 bridgehead atoms. The molecule has 0 amide bonds. The number of thiophene rings is 2. The van der Waals surface area contributed by atoms with E-state index in [1.165, 1.54) is 48.9 Å². The molecule has 0 N–H and O–H groups in total. The van der Waals surface area contributed by atoms with Crippen LogP contribution in [0, 0.1) is 5.77 Å². The maximum Gasteiger partial charge on any atom is 0.0660 e. The molecule has 0 saturated carbocycles. The van der Waals surface area contributed by atoms with E-state index < -0.39 is 0 Å². The molecule has 122 valence electrons. The van der Waals surface area contributed by atoms with Crippen molar-refractivity contribution < 1.29 is 0 Å². The van der Waals surface area contributed by atoms with Gasteiger partial charge in [-0.25, -0.2) is 0 Å². The smallest absolute Gasteiger partial charge is 0.0660 e. The van der Waals surface area contributed by atoms with Crippen LogP contribution in [0.3, 0.4) is 0 Å². The quantitative estimate of drug-likeness (QED) is 0.186. The van der Waals surface area contributed by atoms with Crippen LogP contribution in [-0.2, 0) is 6.42 Å². The first-order chi connectivity index (χ1) is 12.2. The second-order valence-electron chi connectivity index (χ2n) is 6.13. The Morgan fingerprint density at radius 1 is 0.600 bits per heavy atom. The molecule has 4 heteroatoms. The lowest BCUT2D eigenvalue weighted by atomic mass is 10.0. The lowest BCUT2D eigenvalue weighted by molar-refractivity contribution is 1.27. The van der Waals surface area contributed by atoms with Crippen molar-refractivity contribution in [1.82, 2.24) is 0 Å². The summed E-state index contributed by atoms with van der Waals surface area (Å²) in [5, 5.41) is 0. The largest absolute Gasteiger partial charge is 0.129 e. The van der Waals surface area contributed by atoms with E-state index in [1.54, 1.807) is 0 Å². The van der Waals surface area contributed by atoms with E-state index in [9.17, 15) is 0 Å². The highest BCUT2D eigenvalue weighted by molar-refractivity contribution is 14.1. The molecule has 0 saturated heterocycles. The number of fused-ring (bicyclic) bond motifs is 3. The monoisotopic (exact) mass is 582 g/mol. The number of halogens is 2. The molecule has 0 unspecified atom stereocenters. The minimum Gasteiger partial charge on any atom is -0.129 e. The zero-order chi connectivity index (χ0) is 17.0.